The van der Waals surface area contributed by atoms with Crippen LogP contribution in [-0.2, 0) is 12.8 Å². The number of hydrogen-bond acceptors (Lipinski definition) is 3. The van der Waals surface area contributed by atoms with Crippen LogP contribution in [0.15, 0.2) is 54.6 Å². The van der Waals surface area contributed by atoms with E-state index in [1.54, 1.807) is 0 Å². The van der Waals surface area contributed by atoms with Gasteiger partial charge in [0.1, 0.15) is 23.7 Å². The number of para-hydroxylation sites is 1. The molecule has 4 rings (SSSR count). The molecule has 6 heteroatoms. The molecule has 0 unspecified atom stereocenters. The number of ether oxygens (including phenoxy) is 1. The van der Waals surface area contributed by atoms with E-state index in [1.165, 1.54) is 18.6 Å². The Morgan fingerprint density at radius 2 is 1.86 bits per heavy atom. The third-order valence-electron chi connectivity index (χ3n) is 5.33. The van der Waals surface area contributed by atoms with E-state index in [-0.39, 0.29) is 6.61 Å². The standard InChI is InChI=1S/C23H23F3N2O/c1-16-4-3-13-28(14-16)21-12-9-18-5-2-6-20(22(18)27-21)29-15-17-7-10-19(11-8-17)23(24,25)26/h2,5-12,16H,3-4,13-15H2,1H3/t16-/m1/s1. The number of anilines is 1. The summed E-state index contributed by atoms with van der Waals surface area (Å²) in [6.07, 6.45) is -1.93. The van der Waals surface area contributed by atoms with Crippen LogP contribution in [-0.4, -0.2) is 18.1 Å². The van der Waals surface area contributed by atoms with Crippen LogP contribution in [0.4, 0.5) is 19.0 Å². The van der Waals surface area contributed by atoms with Gasteiger partial charge < -0.3 is 9.64 Å². The van der Waals surface area contributed by atoms with E-state index in [9.17, 15) is 13.2 Å². The van der Waals surface area contributed by atoms with Gasteiger partial charge in [0.25, 0.3) is 0 Å². The molecule has 2 aromatic carbocycles. The second-order valence-electron chi connectivity index (χ2n) is 7.67. The number of piperidine rings is 1. The lowest BCUT2D eigenvalue weighted by molar-refractivity contribution is -0.137. The highest BCUT2D eigenvalue weighted by Crippen LogP contribution is 2.31. The molecule has 0 aliphatic carbocycles. The van der Waals surface area contributed by atoms with Crippen molar-refractivity contribution < 1.29 is 17.9 Å². The fraction of sp³-hybridized carbons (Fsp3) is 0.348. The van der Waals surface area contributed by atoms with Crippen LogP contribution in [0.1, 0.15) is 30.9 Å². The Balaban J connectivity index is 1.54. The summed E-state index contributed by atoms with van der Waals surface area (Å²) in [6.45, 7) is 4.43. The van der Waals surface area contributed by atoms with Crippen molar-refractivity contribution in [3.8, 4) is 5.75 Å². The first-order valence-electron chi connectivity index (χ1n) is 9.84. The van der Waals surface area contributed by atoms with Gasteiger partial charge in [-0.3, -0.25) is 0 Å². The number of fused-ring (bicyclic) bond motifs is 1. The first-order valence-corrected chi connectivity index (χ1v) is 9.84. The first-order chi connectivity index (χ1) is 13.9. The van der Waals surface area contributed by atoms with Gasteiger partial charge in [0.05, 0.1) is 5.56 Å². The number of rotatable bonds is 4. The Morgan fingerprint density at radius 1 is 1.07 bits per heavy atom. The number of halogens is 3. The maximum atomic E-state index is 12.7. The molecule has 0 bridgehead atoms. The third-order valence-corrected chi connectivity index (χ3v) is 5.33. The van der Waals surface area contributed by atoms with Crippen molar-refractivity contribution in [2.45, 2.75) is 32.5 Å². The van der Waals surface area contributed by atoms with Crippen LogP contribution >= 0.6 is 0 Å². The maximum absolute atomic E-state index is 12.7. The molecule has 0 saturated carbocycles. The van der Waals surface area contributed by atoms with Crippen LogP contribution in [0, 0.1) is 5.92 Å². The molecule has 1 fully saturated rings. The zero-order valence-corrected chi connectivity index (χ0v) is 16.2. The molecule has 1 aliphatic rings. The molecular weight excluding hydrogens is 377 g/mol. The van der Waals surface area contributed by atoms with Crippen molar-refractivity contribution in [1.82, 2.24) is 4.98 Å². The molecule has 2 heterocycles. The van der Waals surface area contributed by atoms with E-state index in [0.717, 1.165) is 48.4 Å². The van der Waals surface area contributed by atoms with Crippen molar-refractivity contribution in [2.24, 2.45) is 5.92 Å². The minimum atomic E-state index is -4.33. The highest BCUT2D eigenvalue weighted by atomic mass is 19.4. The molecule has 0 amide bonds. The van der Waals surface area contributed by atoms with Crippen molar-refractivity contribution in [1.29, 1.82) is 0 Å². The number of hydrogen-bond donors (Lipinski definition) is 0. The van der Waals surface area contributed by atoms with E-state index < -0.39 is 11.7 Å². The summed E-state index contributed by atoms with van der Waals surface area (Å²) in [7, 11) is 0. The van der Waals surface area contributed by atoms with E-state index in [2.05, 4.69) is 11.8 Å². The lowest BCUT2D eigenvalue weighted by Gasteiger charge is -2.32. The number of aromatic nitrogens is 1. The normalized spacial score (nSPS) is 17.5. The number of pyridine rings is 1. The third kappa shape index (κ3) is 4.47. The average Bonchev–Trinajstić information content (AvgIpc) is 2.71. The summed E-state index contributed by atoms with van der Waals surface area (Å²) in [6, 6.07) is 14.9. The average molecular weight is 400 g/mol. The molecular formula is C23H23F3N2O. The number of alkyl halides is 3. The van der Waals surface area contributed by atoms with Gasteiger partial charge in [0.2, 0.25) is 0 Å². The summed E-state index contributed by atoms with van der Waals surface area (Å²) < 4.78 is 44.1. The molecule has 3 aromatic rings. The van der Waals surface area contributed by atoms with Crippen molar-refractivity contribution in [3.05, 3.63) is 65.7 Å². The zero-order valence-electron chi connectivity index (χ0n) is 16.2. The largest absolute Gasteiger partial charge is 0.487 e. The smallest absolute Gasteiger partial charge is 0.416 e. The van der Waals surface area contributed by atoms with E-state index in [4.69, 9.17) is 9.72 Å². The Kier molecular flexibility index (Phi) is 5.35. The summed E-state index contributed by atoms with van der Waals surface area (Å²) >= 11 is 0. The minimum absolute atomic E-state index is 0.184. The number of nitrogens with zero attached hydrogens (tertiary/aromatic N) is 2. The maximum Gasteiger partial charge on any atom is 0.416 e. The molecule has 1 aliphatic heterocycles. The Morgan fingerprint density at radius 3 is 2.59 bits per heavy atom. The predicted molar refractivity (Wildman–Crippen MR) is 108 cm³/mol. The molecule has 1 aromatic heterocycles. The topological polar surface area (TPSA) is 25.4 Å². The predicted octanol–water partition coefficient (Wildman–Crippen LogP) is 6.07. The highest BCUT2D eigenvalue weighted by Gasteiger charge is 2.29. The molecule has 152 valence electrons. The molecule has 0 radical (unpaired) electrons. The first kappa shape index (κ1) is 19.6. The molecule has 3 nitrogen and oxygen atoms in total. The second-order valence-corrected chi connectivity index (χ2v) is 7.67. The van der Waals surface area contributed by atoms with Gasteiger partial charge >= 0.3 is 6.18 Å². The summed E-state index contributed by atoms with van der Waals surface area (Å²) in [5.41, 5.74) is 0.791. The Bertz CT molecular complexity index is 986. The van der Waals surface area contributed by atoms with Gasteiger partial charge in [-0.25, -0.2) is 4.98 Å². The lowest BCUT2D eigenvalue weighted by Crippen LogP contribution is -2.34. The molecule has 0 N–H and O–H groups in total. The van der Waals surface area contributed by atoms with Gasteiger partial charge in [-0.1, -0.05) is 31.2 Å². The molecule has 0 spiro atoms. The van der Waals surface area contributed by atoms with Crippen LogP contribution in [0.2, 0.25) is 0 Å². The highest BCUT2D eigenvalue weighted by molar-refractivity contribution is 5.86. The van der Waals surface area contributed by atoms with Crippen molar-refractivity contribution in [2.75, 3.05) is 18.0 Å². The van der Waals surface area contributed by atoms with E-state index in [0.29, 0.717) is 17.2 Å². The molecule has 1 saturated heterocycles. The van der Waals surface area contributed by atoms with Crippen LogP contribution in [0.3, 0.4) is 0 Å². The fourth-order valence-corrected chi connectivity index (χ4v) is 3.75. The van der Waals surface area contributed by atoms with Gasteiger partial charge in [-0.05, 0) is 54.7 Å². The number of benzene rings is 2. The Hall–Kier alpha value is -2.76. The quantitative estimate of drug-likeness (QED) is 0.532. The minimum Gasteiger partial charge on any atom is -0.487 e. The van der Waals surface area contributed by atoms with Gasteiger partial charge in [-0.2, -0.15) is 13.2 Å². The summed E-state index contributed by atoms with van der Waals surface area (Å²) in [4.78, 5) is 7.15. The zero-order chi connectivity index (χ0) is 20.4. The van der Waals surface area contributed by atoms with Crippen molar-refractivity contribution in [3.63, 3.8) is 0 Å². The van der Waals surface area contributed by atoms with Crippen LogP contribution in [0.5, 0.6) is 5.75 Å². The second kappa shape index (κ2) is 7.93. The van der Waals surface area contributed by atoms with Crippen molar-refractivity contribution >= 4 is 16.7 Å². The lowest BCUT2D eigenvalue weighted by atomic mass is 10.0. The fourth-order valence-electron chi connectivity index (χ4n) is 3.75. The van der Waals surface area contributed by atoms with E-state index >= 15 is 0 Å². The molecule has 29 heavy (non-hydrogen) atoms. The van der Waals surface area contributed by atoms with E-state index in [1.807, 2.05) is 30.3 Å². The Labute approximate surface area is 168 Å². The monoisotopic (exact) mass is 400 g/mol. The SMILES string of the molecule is C[C@@H]1CCCN(c2ccc3cccc(OCc4ccc(C(F)(F)F)cc4)c3n2)C1. The van der Waals surface area contributed by atoms with Crippen LogP contribution in [0.25, 0.3) is 10.9 Å². The molecule has 1 atom stereocenters. The van der Waals surface area contributed by atoms with Crippen LogP contribution < -0.4 is 9.64 Å². The van der Waals surface area contributed by atoms with Gasteiger partial charge in [0, 0.05) is 18.5 Å². The summed E-state index contributed by atoms with van der Waals surface area (Å²) in [5.74, 6) is 2.22. The summed E-state index contributed by atoms with van der Waals surface area (Å²) in [5, 5.41) is 0.976. The van der Waals surface area contributed by atoms with Gasteiger partial charge in [0.15, 0.2) is 0 Å². The van der Waals surface area contributed by atoms with Gasteiger partial charge in [-0.15, -0.1) is 0 Å².